The minimum absolute atomic E-state index is 0.102. The van der Waals surface area contributed by atoms with Gasteiger partial charge in [-0.2, -0.15) is 0 Å². The number of hydrogen-bond acceptors (Lipinski definition) is 4. The highest BCUT2D eigenvalue weighted by Gasteiger charge is 2.22. The zero-order valence-corrected chi connectivity index (χ0v) is 16.1. The standard InChI is InChI=1S/C19H23ClN2O2S/c1-13(22-9-7-18-15(12-22)8-10-25-18)11-21-19(23)14(2)24-17-5-3-16(20)4-6-17/h3-6,8,10,13-14H,7,9,11-12H2,1-2H3,(H,21,23). The maximum atomic E-state index is 12.3. The van der Waals surface area contributed by atoms with Crippen molar-refractivity contribution in [3.8, 4) is 5.75 Å². The second-order valence-corrected chi connectivity index (χ2v) is 7.83. The molecule has 0 saturated carbocycles. The van der Waals surface area contributed by atoms with E-state index in [1.165, 1.54) is 10.4 Å². The van der Waals surface area contributed by atoms with Gasteiger partial charge in [0.25, 0.3) is 5.91 Å². The van der Waals surface area contributed by atoms with Gasteiger partial charge in [0, 0.05) is 35.6 Å². The fourth-order valence-corrected chi connectivity index (χ4v) is 3.95. The summed E-state index contributed by atoms with van der Waals surface area (Å²) in [5.41, 5.74) is 1.42. The van der Waals surface area contributed by atoms with Crippen LogP contribution in [0.15, 0.2) is 35.7 Å². The molecule has 3 rings (SSSR count). The SMILES string of the molecule is CC(Oc1ccc(Cl)cc1)C(=O)NCC(C)N1CCc2sccc2C1. The highest BCUT2D eigenvalue weighted by Crippen LogP contribution is 2.25. The van der Waals surface area contributed by atoms with Gasteiger partial charge in [0.1, 0.15) is 5.75 Å². The number of nitrogens with zero attached hydrogens (tertiary/aromatic N) is 1. The Morgan fingerprint density at radius 2 is 2.08 bits per heavy atom. The van der Waals surface area contributed by atoms with Crippen LogP contribution < -0.4 is 10.1 Å². The van der Waals surface area contributed by atoms with Gasteiger partial charge in [-0.15, -0.1) is 11.3 Å². The van der Waals surface area contributed by atoms with Crippen molar-refractivity contribution in [3.63, 3.8) is 0 Å². The number of carbonyl (C=O) groups is 1. The summed E-state index contributed by atoms with van der Waals surface area (Å²) in [6.45, 7) is 6.54. The van der Waals surface area contributed by atoms with E-state index in [0.29, 0.717) is 23.4 Å². The van der Waals surface area contributed by atoms with Gasteiger partial charge < -0.3 is 10.1 Å². The average Bonchev–Trinajstić information content (AvgIpc) is 3.08. The van der Waals surface area contributed by atoms with Crippen LogP contribution in [-0.4, -0.2) is 36.0 Å². The number of ether oxygens (including phenoxy) is 1. The van der Waals surface area contributed by atoms with Gasteiger partial charge in [0.2, 0.25) is 0 Å². The highest BCUT2D eigenvalue weighted by atomic mass is 35.5. The topological polar surface area (TPSA) is 41.6 Å². The summed E-state index contributed by atoms with van der Waals surface area (Å²) in [5, 5.41) is 5.81. The molecule has 6 heteroatoms. The number of nitrogens with one attached hydrogen (secondary N) is 1. The summed E-state index contributed by atoms with van der Waals surface area (Å²) in [6.07, 6.45) is 0.555. The number of carbonyl (C=O) groups excluding carboxylic acids is 1. The Bertz CT molecular complexity index is 716. The van der Waals surface area contributed by atoms with E-state index >= 15 is 0 Å². The van der Waals surface area contributed by atoms with Crippen LogP contribution in [0.2, 0.25) is 5.02 Å². The van der Waals surface area contributed by atoms with Gasteiger partial charge in [0.15, 0.2) is 6.10 Å². The predicted molar refractivity (Wildman–Crippen MR) is 102 cm³/mol. The average molecular weight is 379 g/mol. The van der Waals surface area contributed by atoms with Crippen LogP contribution in [0.3, 0.4) is 0 Å². The summed E-state index contributed by atoms with van der Waals surface area (Å²) in [6, 6.07) is 9.53. The van der Waals surface area contributed by atoms with Crippen molar-refractivity contribution >= 4 is 28.8 Å². The van der Waals surface area contributed by atoms with Gasteiger partial charge in [-0.1, -0.05) is 11.6 Å². The normalized spacial score (nSPS) is 16.8. The first kappa shape index (κ1) is 18.2. The summed E-state index contributed by atoms with van der Waals surface area (Å²) in [5.74, 6) is 0.538. The Kier molecular flexibility index (Phi) is 5.99. The molecule has 2 atom stereocenters. The maximum absolute atomic E-state index is 12.3. The van der Waals surface area contributed by atoms with Crippen molar-refractivity contribution in [1.29, 1.82) is 0 Å². The molecule has 0 radical (unpaired) electrons. The lowest BCUT2D eigenvalue weighted by Crippen LogP contribution is -2.46. The van der Waals surface area contributed by atoms with E-state index in [1.807, 2.05) is 11.3 Å². The third-order valence-electron chi connectivity index (χ3n) is 4.53. The van der Waals surface area contributed by atoms with E-state index in [9.17, 15) is 4.79 Å². The van der Waals surface area contributed by atoms with E-state index in [4.69, 9.17) is 16.3 Å². The minimum atomic E-state index is -0.543. The van der Waals surface area contributed by atoms with Crippen molar-refractivity contribution < 1.29 is 9.53 Å². The van der Waals surface area contributed by atoms with Crippen molar-refractivity contribution in [2.75, 3.05) is 13.1 Å². The Hall–Kier alpha value is -1.56. The zero-order chi connectivity index (χ0) is 17.8. The smallest absolute Gasteiger partial charge is 0.260 e. The lowest BCUT2D eigenvalue weighted by atomic mass is 10.1. The number of benzene rings is 1. The molecule has 1 aliphatic heterocycles. The number of halogens is 1. The van der Waals surface area contributed by atoms with Crippen LogP contribution in [-0.2, 0) is 17.8 Å². The molecule has 1 aromatic heterocycles. The molecule has 4 nitrogen and oxygen atoms in total. The lowest BCUT2D eigenvalue weighted by molar-refractivity contribution is -0.127. The predicted octanol–water partition coefficient (Wildman–Crippen LogP) is 3.73. The Labute approximate surface area is 157 Å². The molecule has 2 aromatic rings. The third-order valence-corrected chi connectivity index (χ3v) is 5.80. The number of amides is 1. The molecule has 1 amide bonds. The van der Waals surface area contributed by atoms with Gasteiger partial charge >= 0.3 is 0 Å². The lowest BCUT2D eigenvalue weighted by Gasteiger charge is -2.32. The molecule has 0 fully saturated rings. The summed E-state index contributed by atoms with van der Waals surface area (Å²) in [4.78, 5) is 16.2. The molecule has 2 unspecified atom stereocenters. The van der Waals surface area contributed by atoms with Crippen LogP contribution in [0.1, 0.15) is 24.3 Å². The van der Waals surface area contributed by atoms with E-state index in [0.717, 1.165) is 19.5 Å². The molecule has 134 valence electrons. The van der Waals surface area contributed by atoms with Crippen molar-refractivity contribution in [2.45, 2.75) is 39.0 Å². The largest absolute Gasteiger partial charge is 0.481 e. The van der Waals surface area contributed by atoms with Gasteiger partial charge in [-0.25, -0.2) is 0 Å². The van der Waals surface area contributed by atoms with Crippen molar-refractivity contribution in [1.82, 2.24) is 10.2 Å². The quantitative estimate of drug-likeness (QED) is 0.832. The zero-order valence-electron chi connectivity index (χ0n) is 14.5. The van der Waals surface area contributed by atoms with E-state index in [1.54, 1.807) is 31.2 Å². The van der Waals surface area contributed by atoms with Crippen LogP contribution >= 0.6 is 22.9 Å². The number of rotatable bonds is 6. The molecule has 0 bridgehead atoms. The molecule has 1 N–H and O–H groups in total. The molecule has 0 spiro atoms. The van der Waals surface area contributed by atoms with Crippen LogP contribution in [0, 0.1) is 0 Å². The van der Waals surface area contributed by atoms with E-state index < -0.39 is 6.10 Å². The fraction of sp³-hybridized carbons (Fsp3) is 0.421. The van der Waals surface area contributed by atoms with Crippen LogP contribution in [0.25, 0.3) is 0 Å². The molecule has 1 aliphatic rings. The number of fused-ring (bicyclic) bond motifs is 1. The highest BCUT2D eigenvalue weighted by molar-refractivity contribution is 7.10. The van der Waals surface area contributed by atoms with Gasteiger partial charge in [-0.05, 0) is 61.5 Å². The van der Waals surface area contributed by atoms with Crippen molar-refractivity contribution in [2.24, 2.45) is 0 Å². The van der Waals surface area contributed by atoms with Crippen LogP contribution in [0.5, 0.6) is 5.75 Å². The Morgan fingerprint density at radius 1 is 1.32 bits per heavy atom. The number of thiophene rings is 1. The van der Waals surface area contributed by atoms with Gasteiger partial charge in [-0.3, -0.25) is 9.69 Å². The van der Waals surface area contributed by atoms with E-state index in [-0.39, 0.29) is 5.91 Å². The molecule has 1 aromatic carbocycles. The minimum Gasteiger partial charge on any atom is -0.481 e. The van der Waals surface area contributed by atoms with Crippen LogP contribution in [0.4, 0.5) is 0 Å². The molecular formula is C19H23ClN2O2S. The Balaban J connectivity index is 1.46. The first-order chi connectivity index (χ1) is 12.0. The van der Waals surface area contributed by atoms with E-state index in [2.05, 4.69) is 28.6 Å². The first-order valence-corrected chi connectivity index (χ1v) is 9.78. The molecule has 2 heterocycles. The summed E-state index contributed by atoms with van der Waals surface area (Å²) >= 11 is 7.70. The molecule has 25 heavy (non-hydrogen) atoms. The van der Waals surface area contributed by atoms with Gasteiger partial charge in [0.05, 0.1) is 0 Å². The Morgan fingerprint density at radius 3 is 2.84 bits per heavy atom. The third kappa shape index (κ3) is 4.75. The van der Waals surface area contributed by atoms with Crippen molar-refractivity contribution in [3.05, 3.63) is 51.2 Å². The summed E-state index contributed by atoms with van der Waals surface area (Å²) in [7, 11) is 0. The monoisotopic (exact) mass is 378 g/mol. The fourth-order valence-electron chi connectivity index (χ4n) is 2.94. The second kappa shape index (κ2) is 8.21. The maximum Gasteiger partial charge on any atom is 0.260 e. The molecular weight excluding hydrogens is 356 g/mol. The second-order valence-electron chi connectivity index (χ2n) is 6.40. The molecule has 0 saturated heterocycles. The molecule has 0 aliphatic carbocycles. The summed E-state index contributed by atoms with van der Waals surface area (Å²) < 4.78 is 5.66. The number of hydrogen-bond donors (Lipinski definition) is 1. The first-order valence-electron chi connectivity index (χ1n) is 8.52.